The van der Waals surface area contributed by atoms with E-state index < -0.39 is 8.07 Å². The topological polar surface area (TPSA) is 26.3 Å². The van der Waals surface area contributed by atoms with E-state index in [0.29, 0.717) is 5.76 Å². The van der Waals surface area contributed by atoms with Crippen LogP contribution in [0.2, 0.25) is 19.6 Å². The van der Waals surface area contributed by atoms with Crippen LogP contribution in [0.4, 0.5) is 0 Å². The van der Waals surface area contributed by atoms with Crippen LogP contribution in [0.15, 0.2) is 58.2 Å². The highest BCUT2D eigenvalue weighted by atomic mass is 28.3. The molecular formula is C23H28O2Si. The molecule has 0 unspecified atom stereocenters. The average Bonchev–Trinajstić information content (AvgIpc) is 2.59. The highest BCUT2D eigenvalue weighted by molar-refractivity contribution is 6.82. The van der Waals surface area contributed by atoms with E-state index in [-0.39, 0.29) is 5.97 Å². The number of ether oxygens (including phenoxy) is 1. The van der Waals surface area contributed by atoms with Crippen molar-refractivity contribution in [3.05, 3.63) is 63.7 Å². The van der Waals surface area contributed by atoms with Gasteiger partial charge in [-0.05, 0) is 49.9 Å². The Kier molecular flexibility index (Phi) is 6.86. The van der Waals surface area contributed by atoms with Crippen LogP contribution in [0.5, 0.6) is 0 Å². The van der Waals surface area contributed by atoms with Gasteiger partial charge in [-0.2, -0.15) is 0 Å². The first kappa shape index (κ1) is 20.0. The van der Waals surface area contributed by atoms with E-state index in [1.165, 1.54) is 12.1 Å². The van der Waals surface area contributed by atoms with Crippen LogP contribution in [0.3, 0.4) is 0 Å². The van der Waals surface area contributed by atoms with Crippen molar-refractivity contribution in [1.82, 2.24) is 0 Å². The van der Waals surface area contributed by atoms with Crippen molar-refractivity contribution in [2.45, 2.75) is 59.2 Å². The van der Waals surface area contributed by atoms with Crippen LogP contribution in [-0.4, -0.2) is 14.0 Å². The lowest BCUT2D eigenvalue weighted by molar-refractivity contribution is -0.136. The molecule has 0 aromatic heterocycles. The molecule has 1 aliphatic rings. The third kappa shape index (κ3) is 5.91. The van der Waals surface area contributed by atoms with Gasteiger partial charge in [0.2, 0.25) is 0 Å². The lowest BCUT2D eigenvalue weighted by Gasteiger charge is -2.19. The summed E-state index contributed by atoms with van der Waals surface area (Å²) in [5, 5.41) is 1.20. The smallest absolute Gasteiger partial charge is 0.308 e. The van der Waals surface area contributed by atoms with Gasteiger partial charge in [-0.1, -0.05) is 55.4 Å². The van der Waals surface area contributed by atoms with Gasteiger partial charge in [0.1, 0.15) is 0 Å². The monoisotopic (exact) mass is 364 g/mol. The summed E-state index contributed by atoms with van der Waals surface area (Å²) in [6.45, 7) is 10.4. The lowest BCUT2D eigenvalue weighted by Crippen LogP contribution is -2.21. The van der Waals surface area contributed by atoms with Gasteiger partial charge in [0.05, 0.1) is 8.07 Å². The molecule has 1 aliphatic carbocycles. The van der Waals surface area contributed by atoms with E-state index >= 15 is 0 Å². The summed E-state index contributed by atoms with van der Waals surface area (Å²) in [4.78, 5) is 11.7. The van der Waals surface area contributed by atoms with Crippen LogP contribution < -0.4 is 0 Å². The molecule has 2 rings (SSSR count). The number of hydrogen-bond donors (Lipinski definition) is 0. The normalized spacial score (nSPS) is 14.0. The minimum Gasteiger partial charge on any atom is -0.418 e. The van der Waals surface area contributed by atoms with E-state index in [1.54, 1.807) is 0 Å². The fourth-order valence-corrected chi connectivity index (χ4v) is 3.12. The molecule has 1 aromatic rings. The van der Waals surface area contributed by atoms with Crippen LogP contribution in [0.25, 0.3) is 0 Å². The van der Waals surface area contributed by atoms with Crippen molar-refractivity contribution in [3.63, 3.8) is 0 Å². The SMILES string of the molecule is CC(=O)OC(=C=C(C)[Si](C)(C)C)C1=C(C#Cc2ccccc2)CCCC1. The van der Waals surface area contributed by atoms with Gasteiger partial charge in [0, 0.05) is 23.6 Å². The molecule has 1 aromatic carbocycles. The van der Waals surface area contributed by atoms with E-state index in [1.807, 2.05) is 30.3 Å². The number of benzene rings is 1. The number of allylic oxidation sites excluding steroid dienone is 2. The molecule has 0 bridgehead atoms. The van der Waals surface area contributed by atoms with Crippen molar-refractivity contribution in [2.24, 2.45) is 0 Å². The van der Waals surface area contributed by atoms with Gasteiger partial charge in [-0.3, -0.25) is 4.79 Å². The Hall–Kier alpha value is -2.27. The summed E-state index contributed by atoms with van der Waals surface area (Å²) >= 11 is 0. The molecule has 0 spiro atoms. The van der Waals surface area contributed by atoms with Gasteiger partial charge in [-0.15, -0.1) is 0 Å². The van der Waals surface area contributed by atoms with Crippen LogP contribution >= 0.6 is 0 Å². The molecule has 0 fully saturated rings. The summed E-state index contributed by atoms with van der Waals surface area (Å²) in [5.41, 5.74) is 6.53. The van der Waals surface area contributed by atoms with Crippen molar-refractivity contribution in [3.8, 4) is 11.8 Å². The van der Waals surface area contributed by atoms with Crippen molar-refractivity contribution >= 4 is 14.0 Å². The standard InChI is InChI=1S/C23H28O2Si/c1-18(26(3,4)5)17-23(25-19(2)24)22-14-10-9-13-21(22)16-15-20-11-7-6-8-12-20/h6-8,11-12H,9-10,13-14H2,1-5H3. The van der Waals surface area contributed by atoms with Gasteiger partial charge in [0.15, 0.2) is 5.76 Å². The second kappa shape index (κ2) is 8.90. The van der Waals surface area contributed by atoms with Gasteiger partial charge < -0.3 is 4.74 Å². The third-order valence-corrected chi connectivity index (χ3v) is 6.92. The predicted molar refractivity (Wildman–Crippen MR) is 110 cm³/mol. The molecule has 136 valence electrons. The molecule has 0 heterocycles. The zero-order valence-corrected chi connectivity index (χ0v) is 17.5. The molecule has 26 heavy (non-hydrogen) atoms. The molecule has 0 radical (unpaired) electrons. The molecule has 0 saturated carbocycles. The van der Waals surface area contributed by atoms with Crippen molar-refractivity contribution < 1.29 is 9.53 Å². The van der Waals surface area contributed by atoms with Gasteiger partial charge >= 0.3 is 5.97 Å². The summed E-state index contributed by atoms with van der Waals surface area (Å²) in [5.74, 6) is 6.86. The number of carbonyl (C=O) groups is 1. The van der Waals surface area contributed by atoms with Crippen molar-refractivity contribution in [2.75, 3.05) is 0 Å². The predicted octanol–water partition coefficient (Wildman–Crippen LogP) is 5.78. The number of hydrogen-bond acceptors (Lipinski definition) is 2. The van der Waals surface area contributed by atoms with Crippen LogP contribution in [-0.2, 0) is 9.53 Å². The van der Waals surface area contributed by atoms with E-state index in [4.69, 9.17) is 4.74 Å². The van der Waals surface area contributed by atoms with E-state index in [0.717, 1.165) is 42.4 Å². The maximum Gasteiger partial charge on any atom is 0.308 e. The lowest BCUT2D eigenvalue weighted by atomic mass is 9.90. The molecule has 2 nitrogen and oxygen atoms in total. The molecule has 0 amide bonds. The molecule has 0 atom stereocenters. The van der Waals surface area contributed by atoms with Gasteiger partial charge in [0.25, 0.3) is 0 Å². The first-order chi connectivity index (χ1) is 12.3. The Morgan fingerprint density at radius 1 is 1.00 bits per heavy atom. The second-order valence-corrected chi connectivity index (χ2v) is 13.0. The molecule has 0 N–H and O–H groups in total. The van der Waals surface area contributed by atoms with Crippen molar-refractivity contribution in [1.29, 1.82) is 0 Å². The highest BCUT2D eigenvalue weighted by Crippen LogP contribution is 2.30. The maximum absolute atomic E-state index is 11.7. The first-order valence-corrected chi connectivity index (χ1v) is 12.7. The van der Waals surface area contributed by atoms with E-state index in [2.05, 4.69) is 44.1 Å². The number of esters is 1. The third-order valence-electron chi connectivity index (χ3n) is 4.55. The maximum atomic E-state index is 11.7. The van der Waals surface area contributed by atoms with Gasteiger partial charge in [-0.25, -0.2) is 0 Å². The van der Waals surface area contributed by atoms with Crippen LogP contribution in [0.1, 0.15) is 45.1 Å². The molecular weight excluding hydrogens is 336 g/mol. The van der Waals surface area contributed by atoms with Crippen LogP contribution in [0, 0.1) is 11.8 Å². The quantitative estimate of drug-likeness (QED) is 0.223. The Morgan fingerprint density at radius 2 is 1.65 bits per heavy atom. The molecule has 0 aliphatic heterocycles. The number of rotatable bonds is 3. The minimum absolute atomic E-state index is 0.302. The Morgan fingerprint density at radius 3 is 2.27 bits per heavy atom. The first-order valence-electron chi connectivity index (χ1n) is 9.23. The Bertz CT molecular complexity index is 820. The largest absolute Gasteiger partial charge is 0.418 e. The zero-order valence-electron chi connectivity index (χ0n) is 16.5. The minimum atomic E-state index is -1.50. The highest BCUT2D eigenvalue weighted by Gasteiger charge is 2.20. The Balaban J connectivity index is 2.55. The average molecular weight is 365 g/mol. The summed E-state index contributed by atoms with van der Waals surface area (Å²) in [6, 6.07) is 9.99. The summed E-state index contributed by atoms with van der Waals surface area (Å²) in [7, 11) is -1.50. The number of carbonyl (C=O) groups excluding carboxylic acids is 1. The zero-order chi connectivity index (χ0) is 19.2. The summed E-state index contributed by atoms with van der Waals surface area (Å²) in [6.07, 6.45) is 4.01. The summed E-state index contributed by atoms with van der Waals surface area (Å²) < 4.78 is 5.58. The fourth-order valence-electron chi connectivity index (χ4n) is 2.63. The van der Waals surface area contributed by atoms with E-state index in [9.17, 15) is 4.79 Å². The second-order valence-electron chi connectivity index (χ2n) is 7.70. The molecule has 3 heteroatoms. The molecule has 0 saturated heterocycles. The Labute approximate surface area is 158 Å². The fraction of sp³-hybridized carbons (Fsp3) is 0.391.